The molecule has 0 radical (unpaired) electrons. The zero-order valence-corrected chi connectivity index (χ0v) is 8.10. The van der Waals surface area contributed by atoms with E-state index in [1.165, 1.54) is 7.05 Å². The zero-order valence-electron chi connectivity index (χ0n) is 8.10. The molecule has 0 fully saturated rings. The lowest BCUT2D eigenvalue weighted by Gasteiger charge is -1.97. The first-order valence-corrected chi connectivity index (χ1v) is 4.20. The van der Waals surface area contributed by atoms with Crippen LogP contribution in [0.3, 0.4) is 0 Å². The highest BCUT2D eigenvalue weighted by Crippen LogP contribution is 2.00. The Morgan fingerprint density at radius 1 is 1.47 bits per heavy atom. The van der Waals surface area contributed by atoms with Gasteiger partial charge in [0.05, 0.1) is 0 Å². The van der Waals surface area contributed by atoms with Crippen molar-refractivity contribution in [3.05, 3.63) is 35.9 Å². The molecule has 0 saturated heterocycles. The van der Waals surface area contributed by atoms with E-state index in [4.69, 9.17) is 5.26 Å². The van der Waals surface area contributed by atoms with Gasteiger partial charge < -0.3 is 5.32 Å². The molecule has 15 heavy (non-hydrogen) atoms. The topological polar surface area (TPSA) is 74.5 Å². The van der Waals surface area contributed by atoms with Crippen LogP contribution in [0.1, 0.15) is 5.56 Å². The van der Waals surface area contributed by atoms with Gasteiger partial charge in [-0.2, -0.15) is 5.26 Å². The van der Waals surface area contributed by atoms with Crippen LogP contribution in [0, 0.1) is 11.3 Å². The average Bonchev–Trinajstić information content (AvgIpc) is 2.31. The highest BCUT2D eigenvalue weighted by Gasteiger charge is 2.03. The first kappa shape index (κ1) is 10.7. The maximum absolute atomic E-state index is 10.7. The van der Waals surface area contributed by atoms with E-state index in [-0.39, 0.29) is 5.71 Å². The number of hydrogen-bond acceptors (Lipinski definition) is 4. The molecule has 0 unspecified atom stereocenters. The Bertz CT molecular complexity index is 406. The molecule has 0 aliphatic carbocycles. The molecule has 1 amide bonds. The minimum atomic E-state index is -0.710. The van der Waals surface area contributed by atoms with E-state index in [2.05, 4.69) is 15.3 Å². The van der Waals surface area contributed by atoms with Crippen LogP contribution < -0.4 is 5.32 Å². The molecule has 0 heterocycles. The molecule has 0 bridgehead atoms. The van der Waals surface area contributed by atoms with Crippen molar-refractivity contribution in [2.24, 2.45) is 5.16 Å². The minimum absolute atomic E-state index is 0.0548. The number of oxime groups is 1. The number of carbonyl (C=O) groups excluding carboxylic acids is 1. The number of hydrogen-bond donors (Lipinski definition) is 1. The third kappa shape index (κ3) is 3.12. The van der Waals surface area contributed by atoms with Crippen molar-refractivity contribution in [2.45, 2.75) is 0 Å². The van der Waals surface area contributed by atoms with Gasteiger partial charge in [0.15, 0.2) is 5.71 Å². The average molecular weight is 203 g/mol. The van der Waals surface area contributed by atoms with E-state index in [0.29, 0.717) is 5.56 Å². The van der Waals surface area contributed by atoms with E-state index in [9.17, 15) is 4.79 Å². The van der Waals surface area contributed by atoms with Crippen molar-refractivity contribution in [2.75, 3.05) is 7.05 Å². The number of nitriles is 1. The Morgan fingerprint density at radius 2 is 2.13 bits per heavy atom. The van der Waals surface area contributed by atoms with E-state index in [1.54, 1.807) is 24.3 Å². The largest absolute Gasteiger partial charge is 0.433 e. The van der Waals surface area contributed by atoms with Gasteiger partial charge in [-0.15, -0.1) is 0 Å². The second-order valence-corrected chi connectivity index (χ2v) is 2.55. The second-order valence-electron chi connectivity index (χ2n) is 2.55. The Balaban J connectivity index is 2.82. The Morgan fingerprint density at radius 3 is 2.67 bits per heavy atom. The molecule has 0 aromatic heterocycles. The predicted molar refractivity (Wildman–Crippen MR) is 54.1 cm³/mol. The second kappa shape index (κ2) is 5.40. The highest BCUT2D eigenvalue weighted by atomic mass is 16.7. The van der Waals surface area contributed by atoms with Crippen molar-refractivity contribution >= 4 is 11.8 Å². The van der Waals surface area contributed by atoms with Crippen molar-refractivity contribution in [3.63, 3.8) is 0 Å². The number of nitrogens with one attached hydrogen (secondary N) is 1. The summed E-state index contributed by atoms with van der Waals surface area (Å²) in [5, 5.41) is 14.4. The van der Waals surface area contributed by atoms with Crippen LogP contribution in [0.25, 0.3) is 0 Å². The smallest absolute Gasteiger partial charge is 0.323 e. The lowest BCUT2D eigenvalue weighted by Crippen LogP contribution is -2.17. The lowest BCUT2D eigenvalue weighted by molar-refractivity contribution is 0.153. The molecular formula is C10H9N3O2. The summed E-state index contributed by atoms with van der Waals surface area (Å²) in [5.41, 5.74) is 0.656. The fourth-order valence-corrected chi connectivity index (χ4v) is 0.866. The van der Waals surface area contributed by atoms with Crippen LogP contribution >= 0.6 is 0 Å². The molecule has 1 rings (SSSR count). The number of rotatable bonds is 2. The lowest BCUT2D eigenvalue weighted by atomic mass is 10.1. The van der Waals surface area contributed by atoms with Crippen LogP contribution in [-0.4, -0.2) is 18.9 Å². The summed E-state index contributed by atoms with van der Waals surface area (Å²) in [5.74, 6) is 0. The van der Waals surface area contributed by atoms with E-state index < -0.39 is 6.09 Å². The molecule has 1 aromatic carbocycles. The molecular weight excluding hydrogens is 194 g/mol. The summed E-state index contributed by atoms with van der Waals surface area (Å²) in [6, 6.07) is 10.6. The first-order valence-electron chi connectivity index (χ1n) is 4.20. The fourth-order valence-electron chi connectivity index (χ4n) is 0.866. The first-order chi connectivity index (χ1) is 7.27. The van der Waals surface area contributed by atoms with Crippen molar-refractivity contribution in [1.29, 1.82) is 5.26 Å². The third-order valence-corrected chi connectivity index (χ3v) is 1.58. The third-order valence-electron chi connectivity index (χ3n) is 1.58. The SMILES string of the molecule is CNC(=O)ON=C(C#N)c1ccccc1. The number of nitrogens with zero attached hydrogens (tertiary/aromatic N) is 2. The number of benzene rings is 1. The molecule has 0 saturated carbocycles. The van der Waals surface area contributed by atoms with E-state index in [0.717, 1.165) is 0 Å². The molecule has 0 aliphatic rings. The van der Waals surface area contributed by atoms with Crippen molar-refractivity contribution < 1.29 is 9.63 Å². The number of carbonyl (C=O) groups is 1. The summed E-state index contributed by atoms with van der Waals surface area (Å²) in [4.78, 5) is 15.1. The van der Waals surface area contributed by atoms with Crippen LogP contribution in [-0.2, 0) is 4.84 Å². The van der Waals surface area contributed by atoms with Crippen molar-refractivity contribution in [1.82, 2.24) is 5.32 Å². The summed E-state index contributed by atoms with van der Waals surface area (Å²) < 4.78 is 0. The molecule has 0 spiro atoms. The Kier molecular flexibility index (Phi) is 3.86. The van der Waals surface area contributed by atoms with Crippen molar-refractivity contribution in [3.8, 4) is 6.07 Å². The van der Waals surface area contributed by atoms with Gasteiger partial charge in [0.1, 0.15) is 6.07 Å². The van der Waals surface area contributed by atoms with Crippen LogP contribution in [0.2, 0.25) is 0 Å². The van der Waals surface area contributed by atoms with E-state index in [1.807, 2.05) is 12.1 Å². The molecule has 0 atom stereocenters. The normalized spacial score (nSPS) is 10.3. The predicted octanol–water partition coefficient (Wildman–Crippen LogP) is 1.27. The van der Waals surface area contributed by atoms with Gasteiger partial charge in [0, 0.05) is 12.6 Å². The zero-order chi connectivity index (χ0) is 11.1. The van der Waals surface area contributed by atoms with Gasteiger partial charge in [0.25, 0.3) is 0 Å². The van der Waals surface area contributed by atoms with Gasteiger partial charge in [0.2, 0.25) is 0 Å². The Labute approximate surface area is 87.0 Å². The van der Waals surface area contributed by atoms with E-state index >= 15 is 0 Å². The molecule has 76 valence electrons. The van der Waals surface area contributed by atoms with Gasteiger partial charge in [-0.05, 0) is 0 Å². The van der Waals surface area contributed by atoms with Gasteiger partial charge in [-0.3, -0.25) is 4.84 Å². The molecule has 5 nitrogen and oxygen atoms in total. The van der Waals surface area contributed by atoms with Crippen LogP contribution in [0.5, 0.6) is 0 Å². The van der Waals surface area contributed by atoms with Crippen LogP contribution in [0.15, 0.2) is 35.5 Å². The number of amides is 1. The summed E-state index contributed by atoms with van der Waals surface area (Å²) in [6.07, 6.45) is -0.710. The van der Waals surface area contributed by atoms with Gasteiger partial charge >= 0.3 is 6.09 Å². The monoisotopic (exact) mass is 203 g/mol. The van der Waals surface area contributed by atoms with Gasteiger partial charge in [-0.25, -0.2) is 4.79 Å². The quantitative estimate of drug-likeness (QED) is 0.446. The molecule has 5 heteroatoms. The summed E-state index contributed by atoms with van der Waals surface area (Å²) >= 11 is 0. The molecule has 1 aromatic rings. The minimum Gasteiger partial charge on any atom is -0.323 e. The van der Waals surface area contributed by atoms with Crippen LogP contribution in [0.4, 0.5) is 4.79 Å². The Hall–Kier alpha value is -2.35. The highest BCUT2D eigenvalue weighted by molar-refractivity contribution is 6.11. The fraction of sp³-hybridized carbons (Fsp3) is 0.100. The molecule has 0 aliphatic heterocycles. The summed E-state index contributed by atoms with van der Waals surface area (Å²) in [6.45, 7) is 0. The molecule has 1 N–H and O–H groups in total. The standard InChI is InChI=1S/C10H9N3O2/c1-12-10(14)15-13-9(7-11)8-5-3-2-4-6-8/h2-6H,1H3,(H,12,14). The summed E-state index contributed by atoms with van der Waals surface area (Å²) in [7, 11) is 1.41. The van der Waals surface area contributed by atoms with Gasteiger partial charge in [-0.1, -0.05) is 35.5 Å². The maximum atomic E-state index is 10.7. The maximum Gasteiger partial charge on any atom is 0.433 e.